The standard InChI is InChI=1S/C9H12N2O3S/c1-5(2)14-7-6(8(12)13)4-10-9(11-7)15-3/h4-5H,1-3H3,(H,12,13). The molecule has 0 saturated carbocycles. The average Bonchev–Trinajstić information content (AvgIpc) is 2.16. The molecule has 0 spiro atoms. The lowest BCUT2D eigenvalue weighted by atomic mass is 10.3. The van der Waals surface area contributed by atoms with Gasteiger partial charge in [-0.1, -0.05) is 11.8 Å². The monoisotopic (exact) mass is 228 g/mol. The van der Waals surface area contributed by atoms with Crippen LogP contribution in [0.25, 0.3) is 0 Å². The van der Waals surface area contributed by atoms with Crippen molar-refractivity contribution >= 4 is 17.7 Å². The van der Waals surface area contributed by atoms with Crippen molar-refractivity contribution in [3.63, 3.8) is 0 Å². The van der Waals surface area contributed by atoms with Gasteiger partial charge in [0.15, 0.2) is 5.16 Å². The zero-order chi connectivity index (χ0) is 11.4. The molecule has 0 bridgehead atoms. The van der Waals surface area contributed by atoms with E-state index in [1.807, 2.05) is 20.1 Å². The zero-order valence-electron chi connectivity index (χ0n) is 8.72. The summed E-state index contributed by atoms with van der Waals surface area (Å²) < 4.78 is 5.30. The van der Waals surface area contributed by atoms with E-state index in [1.54, 1.807) is 0 Å². The molecule has 0 saturated heterocycles. The number of aromatic carboxylic acids is 1. The van der Waals surface area contributed by atoms with Crippen LogP contribution in [0.15, 0.2) is 11.4 Å². The molecule has 1 aromatic rings. The lowest BCUT2D eigenvalue weighted by Gasteiger charge is -2.11. The summed E-state index contributed by atoms with van der Waals surface area (Å²) in [5, 5.41) is 9.37. The third-order valence-corrected chi connectivity index (χ3v) is 2.05. The van der Waals surface area contributed by atoms with E-state index in [0.29, 0.717) is 5.16 Å². The van der Waals surface area contributed by atoms with Crippen LogP contribution in [-0.2, 0) is 0 Å². The van der Waals surface area contributed by atoms with E-state index >= 15 is 0 Å². The van der Waals surface area contributed by atoms with E-state index < -0.39 is 5.97 Å². The summed E-state index contributed by atoms with van der Waals surface area (Å²) in [4.78, 5) is 18.7. The van der Waals surface area contributed by atoms with Crippen LogP contribution >= 0.6 is 11.8 Å². The molecule has 1 heterocycles. The quantitative estimate of drug-likeness (QED) is 0.624. The summed E-state index contributed by atoms with van der Waals surface area (Å²) in [5.74, 6) is -0.963. The maximum atomic E-state index is 10.8. The molecule has 0 radical (unpaired) electrons. The highest BCUT2D eigenvalue weighted by molar-refractivity contribution is 7.98. The van der Waals surface area contributed by atoms with Crippen molar-refractivity contribution < 1.29 is 14.6 Å². The highest BCUT2D eigenvalue weighted by atomic mass is 32.2. The number of ether oxygens (including phenoxy) is 1. The predicted molar refractivity (Wildman–Crippen MR) is 56.5 cm³/mol. The number of rotatable bonds is 4. The van der Waals surface area contributed by atoms with Crippen molar-refractivity contribution in [1.82, 2.24) is 9.97 Å². The van der Waals surface area contributed by atoms with Crippen LogP contribution < -0.4 is 4.74 Å². The maximum absolute atomic E-state index is 10.8. The SMILES string of the molecule is CSc1ncc(C(=O)O)c(OC(C)C)n1. The first-order valence-electron chi connectivity index (χ1n) is 4.35. The molecule has 0 aliphatic carbocycles. The van der Waals surface area contributed by atoms with Gasteiger partial charge in [0.05, 0.1) is 6.10 Å². The van der Waals surface area contributed by atoms with Crippen LogP contribution in [0.5, 0.6) is 5.88 Å². The van der Waals surface area contributed by atoms with E-state index in [1.165, 1.54) is 18.0 Å². The van der Waals surface area contributed by atoms with Gasteiger partial charge in [-0.15, -0.1) is 0 Å². The van der Waals surface area contributed by atoms with Crippen LogP contribution in [0.1, 0.15) is 24.2 Å². The molecule has 15 heavy (non-hydrogen) atoms. The Balaban J connectivity index is 3.10. The van der Waals surface area contributed by atoms with Gasteiger partial charge in [-0.05, 0) is 20.1 Å². The van der Waals surface area contributed by atoms with E-state index in [-0.39, 0.29) is 17.5 Å². The van der Waals surface area contributed by atoms with E-state index in [4.69, 9.17) is 9.84 Å². The van der Waals surface area contributed by atoms with E-state index in [2.05, 4.69) is 9.97 Å². The van der Waals surface area contributed by atoms with Crippen LogP contribution in [0.3, 0.4) is 0 Å². The second-order valence-electron chi connectivity index (χ2n) is 3.05. The van der Waals surface area contributed by atoms with Crippen LogP contribution in [0.4, 0.5) is 0 Å². The fraction of sp³-hybridized carbons (Fsp3) is 0.444. The van der Waals surface area contributed by atoms with Gasteiger partial charge in [0.25, 0.3) is 0 Å². The topological polar surface area (TPSA) is 72.3 Å². The second kappa shape index (κ2) is 4.97. The first-order chi connectivity index (χ1) is 7.04. The molecule has 1 N–H and O–H groups in total. The molecule has 0 aliphatic rings. The first kappa shape index (κ1) is 11.8. The van der Waals surface area contributed by atoms with Gasteiger partial charge in [-0.2, -0.15) is 4.98 Å². The summed E-state index contributed by atoms with van der Waals surface area (Å²) in [5.41, 5.74) is -0.0125. The highest BCUT2D eigenvalue weighted by Gasteiger charge is 2.15. The van der Waals surface area contributed by atoms with Crippen molar-refractivity contribution in [1.29, 1.82) is 0 Å². The number of carboxylic acid groups (broad SMARTS) is 1. The molecule has 6 heteroatoms. The average molecular weight is 228 g/mol. The van der Waals surface area contributed by atoms with Crippen molar-refractivity contribution in [2.75, 3.05) is 6.26 Å². The molecule has 1 aromatic heterocycles. The normalized spacial score (nSPS) is 10.4. The fourth-order valence-corrected chi connectivity index (χ4v) is 1.24. The Morgan fingerprint density at radius 2 is 2.27 bits per heavy atom. The summed E-state index contributed by atoms with van der Waals surface area (Å²) in [7, 11) is 0. The van der Waals surface area contributed by atoms with Crippen molar-refractivity contribution in [3.05, 3.63) is 11.8 Å². The molecule has 5 nitrogen and oxygen atoms in total. The molecule has 1 rings (SSSR count). The lowest BCUT2D eigenvalue weighted by molar-refractivity contribution is 0.0688. The Morgan fingerprint density at radius 1 is 1.60 bits per heavy atom. The number of thioether (sulfide) groups is 1. The second-order valence-corrected chi connectivity index (χ2v) is 3.82. The minimum absolute atomic E-state index is 0.0125. The summed E-state index contributed by atoms with van der Waals surface area (Å²) >= 11 is 1.34. The Labute approximate surface area is 91.9 Å². The van der Waals surface area contributed by atoms with Gasteiger partial charge >= 0.3 is 5.97 Å². The van der Waals surface area contributed by atoms with Crippen LogP contribution in [0, 0.1) is 0 Å². The third kappa shape index (κ3) is 3.09. The highest BCUT2D eigenvalue weighted by Crippen LogP contribution is 2.19. The zero-order valence-corrected chi connectivity index (χ0v) is 9.54. The molecular weight excluding hydrogens is 216 g/mol. The van der Waals surface area contributed by atoms with Gasteiger partial charge in [0, 0.05) is 6.20 Å². The van der Waals surface area contributed by atoms with Crippen molar-refractivity contribution in [2.24, 2.45) is 0 Å². The fourth-order valence-electron chi connectivity index (χ4n) is 0.909. The number of carbonyl (C=O) groups is 1. The van der Waals surface area contributed by atoms with E-state index in [0.717, 1.165) is 0 Å². The summed E-state index contributed by atoms with van der Waals surface area (Å²) in [6.07, 6.45) is 2.96. The Bertz CT molecular complexity index is 368. The van der Waals surface area contributed by atoms with Gasteiger partial charge in [-0.25, -0.2) is 9.78 Å². The van der Waals surface area contributed by atoms with E-state index in [9.17, 15) is 4.79 Å². The third-order valence-electron chi connectivity index (χ3n) is 1.49. The largest absolute Gasteiger partial charge is 0.477 e. The molecule has 82 valence electrons. The smallest absolute Gasteiger partial charge is 0.342 e. The minimum atomic E-state index is -1.08. The number of nitrogens with zero attached hydrogens (tertiary/aromatic N) is 2. The molecule has 0 fully saturated rings. The predicted octanol–water partition coefficient (Wildman–Crippen LogP) is 1.68. The molecule has 0 unspecified atom stereocenters. The molecular formula is C9H12N2O3S. The van der Waals surface area contributed by atoms with Crippen LogP contribution in [0.2, 0.25) is 0 Å². The minimum Gasteiger partial charge on any atom is -0.477 e. The van der Waals surface area contributed by atoms with Crippen LogP contribution in [-0.4, -0.2) is 33.4 Å². The van der Waals surface area contributed by atoms with Gasteiger partial charge in [0.2, 0.25) is 5.88 Å². The number of aromatic nitrogens is 2. The Kier molecular flexibility index (Phi) is 3.90. The summed E-state index contributed by atoms with van der Waals surface area (Å²) in [6, 6.07) is 0. The lowest BCUT2D eigenvalue weighted by Crippen LogP contribution is -2.12. The van der Waals surface area contributed by atoms with Gasteiger partial charge in [-0.3, -0.25) is 0 Å². The molecule has 0 aliphatic heterocycles. The number of hydrogen-bond donors (Lipinski definition) is 1. The van der Waals surface area contributed by atoms with Crippen molar-refractivity contribution in [2.45, 2.75) is 25.1 Å². The molecule has 0 atom stereocenters. The van der Waals surface area contributed by atoms with Gasteiger partial charge < -0.3 is 9.84 Å². The Morgan fingerprint density at radius 3 is 2.73 bits per heavy atom. The maximum Gasteiger partial charge on any atom is 0.342 e. The molecule has 0 aromatic carbocycles. The number of carboxylic acids is 1. The van der Waals surface area contributed by atoms with Crippen molar-refractivity contribution in [3.8, 4) is 5.88 Å². The van der Waals surface area contributed by atoms with Gasteiger partial charge in [0.1, 0.15) is 5.56 Å². The Hall–Kier alpha value is -1.30. The first-order valence-corrected chi connectivity index (χ1v) is 5.58. The number of hydrogen-bond acceptors (Lipinski definition) is 5. The summed E-state index contributed by atoms with van der Waals surface area (Å²) in [6.45, 7) is 3.62. The molecule has 0 amide bonds.